The third kappa shape index (κ3) is 1.51. The van der Waals surface area contributed by atoms with Crippen LogP contribution in [-0.2, 0) is 5.41 Å². The summed E-state index contributed by atoms with van der Waals surface area (Å²) in [5, 5.41) is 2.34. The molecular formula is C20H15N3. The highest BCUT2D eigenvalue weighted by Gasteiger charge is 2.38. The fourth-order valence-corrected chi connectivity index (χ4v) is 3.92. The molecule has 0 spiro atoms. The van der Waals surface area contributed by atoms with Gasteiger partial charge in [0.25, 0.3) is 0 Å². The van der Waals surface area contributed by atoms with E-state index in [9.17, 15) is 0 Å². The van der Waals surface area contributed by atoms with Crippen LogP contribution >= 0.6 is 0 Å². The fraction of sp³-hybridized carbons (Fsp3) is 0.150. The van der Waals surface area contributed by atoms with Crippen LogP contribution in [-0.4, -0.2) is 15.0 Å². The van der Waals surface area contributed by atoms with Crippen molar-refractivity contribution in [1.82, 2.24) is 15.0 Å². The Bertz CT molecular complexity index is 1100. The highest BCUT2D eigenvalue weighted by molar-refractivity contribution is 6.09. The van der Waals surface area contributed by atoms with E-state index >= 15 is 0 Å². The molecule has 0 atom stereocenters. The van der Waals surface area contributed by atoms with Crippen LogP contribution in [0.5, 0.6) is 0 Å². The summed E-state index contributed by atoms with van der Waals surface area (Å²) in [6, 6.07) is 12.5. The molecule has 0 amide bonds. The summed E-state index contributed by atoms with van der Waals surface area (Å²) in [6.45, 7) is 4.54. The minimum atomic E-state index is -0.0930. The Balaban J connectivity index is 2.04. The number of hydrogen-bond donors (Lipinski definition) is 0. The van der Waals surface area contributed by atoms with Gasteiger partial charge < -0.3 is 0 Å². The first-order valence-electron chi connectivity index (χ1n) is 7.81. The van der Waals surface area contributed by atoms with Gasteiger partial charge in [-0.25, -0.2) is 0 Å². The molecule has 3 aromatic heterocycles. The molecule has 4 aromatic rings. The zero-order chi connectivity index (χ0) is 15.6. The lowest BCUT2D eigenvalue weighted by Crippen LogP contribution is -2.15. The van der Waals surface area contributed by atoms with Gasteiger partial charge in [0.2, 0.25) is 0 Å². The van der Waals surface area contributed by atoms with Crippen molar-refractivity contribution in [2.45, 2.75) is 19.3 Å². The molecule has 1 aliphatic rings. The van der Waals surface area contributed by atoms with E-state index in [4.69, 9.17) is 0 Å². The molecule has 0 N–H and O–H groups in total. The van der Waals surface area contributed by atoms with Crippen molar-refractivity contribution in [3.8, 4) is 11.3 Å². The van der Waals surface area contributed by atoms with Gasteiger partial charge in [-0.05, 0) is 29.3 Å². The van der Waals surface area contributed by atoms with Gasteiger partial charge in [-0.2, -0.15) is 0 Å². The monoisotopic (exact) mass is 297 g/mol. The minimum absolute atomic E-state index is 0.0930. The van der Waals surface area contributed by atoms with Crippen LogP contribution in [0.4, 0.5) is 0 Å². The first-order valence-corrected chi connectivity index (χ1v) is 7.81. The van der Waals surface area contributed by atoms with E-state index in [0.29, 0.717) is 0 Å². The quantitative estimate of drug-likeness (QED) is 0.449. The Morgan fingerprint density at radius 3 is 2.61 bits per heavy atom. The Morgan fingerprint density at radius 2 is 1.70 bits per heavy atom. The third-order valence-corrected chi connectivity index (χ3v) is 4.96. The van der Waals surface area contributed by atoms with Crippen LogP contribution < -0.4 is 0 Å². The smallest absolute Gasteiger partial charge is 0.0968 e. The molecule has 0 bridgehead atoms. The molecule has 0 unspecified atom stereocenters. The predicted molar refractivity (Wildman–Crippen MR) is 92.4 cm³/mol. The molecule has 0 radical (unpaired) electrons. The van der Waals surface area contributed by atoms with Crippen LogP contribution in [0.1, 0.15) is 25.0 Å². The number of rotatable bonds is 0. The topological polar surface area (TPSA) is 38.7 Å². The summed E-state index contributed by atoms with van der Waals surface area (Å²) >= 11 is 0. The largest absolute Gasteiger partial charge is 0.256 e. The zero-order valence-electron chi connectivity index (χ0n) is 13.0. The van der Waals surface area contributed by atoms with Crippen LogP contribution in [0, 0.1) is 0 Å². The van der Waals surface area contributed by atoms with E-state index in [0.717, 1.165) is 22.1 Å². The SMILES string of the molecule is CC1(C)c2cccnc2-c2ccc3cnc4cccnc4c3c21. The Labute approximate surface area is 134 Å². The summed E-state index contributed by atoms with van der Waals surface area (Å²) in [7, 11) is 0. The van der Waals surface area contributed by atoms with Gasteiger partial charge in [0.15, 0.2) is 0 Å². The second kappa shape index (κ2) is 4.13. The number of aromatic nitrogens is 3. The highest BCUT2D eigenvalue weighted by Crippen LogP contribution is 2.50. The summed E-state index contributed by atoms with van der Waals surface area (Å²) < 4.78 is 0. The van der Waals surface area contributed by atoms with E-state index in [1.165, 1.54) is 22.1 Å². The maximum Gasteiger partial charge on any atom is 0.0968 e. The van der Waals surface area contributed by atoms with Crippen LogP contribution in [0.15, 0.2) is 55.0 Å². The molecule has 23 heavy (non-hydrogen) atoms. The normalized spacial score (nSPS) is 14.9. The molecule has 1 aromatic carbocycles. The van der Waals surface area contributed by atoms with E-state index in [1.807, 2.05) is 36.8 Å². The molecule has 0 saturated carbocycles. The second-order valence-electron chi connectivity index (χ2n) is 6.61. The molecule has 0 aliphatic heterocycles. The van der Waals surface area contributed by atoms with Crippen molar-refractivity contribution in [1.29, 1.82) is 0 Å². The first kappa shape index (κ1) is 12.7. The fourth-order valence-electron chi connectivity index (χ4n) is 3.92. The number of benzene rings is 1. The minimum Gasteiger partial charge on any atom is -0.256 e. The van der Waals surface area contributed by atoms with E-state index in [-0.39, 0.29) is 5.41 Å². The summed E-state index contributed by atoms with van der Waals surface area (Å²) in [5.41, 5.74) is 6.73. The van der Waals surface area contributed by atoms with E-state index in [2.05, 4.69) is 47.0 Å². The van der Waals surface area contributed by atoms with E-state index < -0.39 is 0 Å². The van der Waals surface area contributed by atoms with Crippen LogP contribution in [0.2, 0.25) is 0 Å². The number of pyridine rings is 3. The molecule has 110 valence electrons. The standard InChI is InChI=1S/C20H15N3/c1-20(2)14-5-3-9-21-18(14)13-8-7-12-11-23-15-6-4-10-22-19(15)16(12)17(13)20/h3-11H,1-2H3. The summed E-state index contributed by atoms with van der Waals surface area (Å²) in [5.74, 6) is 0. The Hall–Kier alpha value is -2.81. The van der Waals surface area contributed by atoms with E-state index in [1.54, 1.807) is 0 Å². The molecule has 3 heteroatoms. The van der Waals surface area contributed by atoms with Gasteiger partial charge in [-0.1, -0.05) is 32.0 Å². The maximum absolute atomic E-state index is 4.65. The van der Waals surface area contributed by atoms with Gasteiger partial charge in [0.05, 0.1) is 16.7 Å². The lowest BCUT2D eigenvalue weighted by atomic mass is 9.80. The van der Waals surface area contributed by atoms with Crippen molar-refractivity contribution in [3.63, 3.8) is 0 Å². The summed E-state index contributed by atoms with van der Waals surface area (Å²) in [4.78, 5) is 13.8. The Morgan fingerprint density at radius 1 is 0.870 bits per heavy atom. The predicted octanol–water partition coefficient (Wildman–Crippen LogP) is 4.48. The molecule has 3 nitrogen and oxygen atoms in total. The van der Waals surface area contributed by atoms with Crippen molar-refractivity contribution < 1.29 is 0 Å². The van der Waals surface area contributed by atoms with Crippen LogP contribution in [0.3, 0.4) is 0 Å². The van der Waals surface area contributed by atoms with Crippen molar-refractivity contribution >= 4 is 21.8 Å². The van der Waals surface area contributed by atoms with Gasteiger partial charge in [-0.3, -0.25) is 15.0 Å². The summed E-state index contributed by atoms with van der Waals surface area (Å²) in [6.07, 6.45) is 5.67. The number of fused-ring (bicyclic) bond motifs is 7. The van der Waals surface area contributed by atoms with Gasteiger partial charge in [-0.15, -0.1) is 0 Å². The average molecular weight is 297 g/mol. The molecule has 1 aliphatic carbocycles. The lowest BCUT2D eigenvalue weighted by molar-refractivity contribution is 0.665. The number of nitrogens with zero attached hydrogens (tertiary/aromatic N) is 3. The van der Waals surface area contributed by atoms with Gasteiger partial charge in [0, 0.05) is 40.3 Å². The Kier molecular flexibility index (Phi) is 2.28. The average Bonchev–Trinajstić information content (AvgIpc) is 2.83. The third-order valence-electron chi connectivity index (χ3n) is 4.96. The molecule has 5 rings (SSSR count). The molecular weight excluding hydrogens is 282 g/mol. The zero-order valence-corrected chi connectivity index (χ0v) is 13.0. The molecule has 3 heterocycles. The second-order valence-corrected chi connectivity index (χ2v) is 6.61. The lowest BCUT2D eigenvalue weighted by Gasteiger charge is -2.23. The van der Waals surface area contributed by atoms with Crippen molar-refractivity contribution in [2.75, 3.05) is 0 Å². The van der Waals surface area contributed by atoms with Crippen LogP contribution in [0.25, 0.3) is 33.1 Å². The van der Waals surface area contributed by atoms with Crippen molar-refractivity contribution in [3.05, 3.63) is 66.1 Å². The molecule has 0 fully saturated rings. The van der Waals surface area contributed by atoms with Gasteiger partial charge in [0.1, 0.15) is 0 Å². The van der Waals surface area contributed by atoms with Crippen molar-refractivity contribution in [2.24, 2.45) is 0 Å². The number of hydrogen-bond acceptors (Lipinski definition) is 3. The van der Waals surface area contributed by atoms with Gasteiger partial charge >= 0.3 is 0 Å². The first-order chi connectivity index (χ1) is 11.2. The maximum atomic E-state index is 4.65. The highest BCUT2D eigenvalue weighted by atomic mass is 14.7. The molecule has 0 saturated heterocycles.